The van der Waals surface area contributed by atoms with Gasteiger partial charge in [0.05, 0.1) is 29.5 Å². The molecule has 1 heterocycles. The van der Waals surface area contributed by atoms with E-state index in [2.05, 4.69) is 27.7 Å². The number of halogens is 2. The van der Waals surface area contributed by atoms with E-state index < -0.39 is 17.9 Å². The molecular weight excluding hydrogens is 551 g/mol. The minimum atomic E-state index is -0.637. The predicted molar refractivity (Wildman–Crippen MR) is 151 cm³/mol. The van der Waals surface area contributed by atoms with Crippen molar-refractivity contribution in [3.63, 3.8) is 0 Å². The van der Waals surface area contributed by atoms with Crippen molar-refractivity contribution in [1.82, 2.24) is 16.1 Å². The van der Waals surface area contributed by atoms with Crippen LogP contribution < -0.4 is 25.5 Å². The molecule has 2 aromatic carbocycles. The number of ether oxygens (including phenoxy) is 3. The van der Waals surface area contributed by atoms with Crippen molar-refractivity contribution < 1.29 is 23.8 Å². The third-order valence-corrected chi connectivity index (χ3v) is 5.85. The third kappa shape index (κ3) is 7.47. The van der Waals surface area contributed by atoms with Crippen LogP contribution in [0.25, 0.3) is 0 Å². The normalized spacial score (nSPS) is 14.9. The average molecular weight is 577 g/mol. The van der Waals surface area contributed by atoms with Crippen molar-refractivity contribution in [2.75, 3.05) is 19.8 Å². The highest BCUT2D eigenvalue weighted by Crippen LogP contribution is 2.34. The van der Waals surface area contributed by atoms with Gasteiger partial charge in [-0.25, -0.2) is 10.2 Å². The van der Waals surface area contributed by atoms with Gasteiger partial charge in [-0.05, 0) is 44.3 Å². The van der Waals surface area contributed by atoms with E-state index in [0.717, 1.165) is 0 Å². The maximum absolute atomic E-state index is 12.7. The average Bonchev–Trinajstić information content (AvgIpc) is 2.86. The number of hydrogen-bond donors (Lipinski definition) is 3. The molecule has 1 aliphatic heterocycles. The molecule has 1 aliphatic rings. The van der Waals surface area contributed by atoms with Gasteiger partial charge in [0.2, 0.25) is 0 Å². The van der Waals surface area contributed by atoms with Gasteiger partial charge in [-0.3, -0.25) is 4.79 Å². The molecule has 2 aromatic rings. The van der Waals surface area contributed by atoms with Crippen LogP contribution in [0.3, 0.4) is 0 Å². The van der Waals surface area contributed by atoms with E-state index in [-0.39, 0.29) is 19.8 Å². The summed E-state index contributed by atoms with van der Waals surface area (Å²) < 4.78 is 16.6. The third-order valence-electron chi connectivity index (χ3n) is 5.13. The van der Waals surface area contributed by atoms with E-state index in [1.165, 1.54) is 12.3 Å². The molecule has 0 radical (unpaired) electrons. The monoisotopic (exact) mass is 576 g/mol. The number of carbonyl (C=O) groups is 2. The lowest BCUT2D eigenvalue weighted by Crippen LogP contribution is -2.45. The Morgan fingerprint density at radius 1 is 1.24 bits per heavy atom. The maximum Gasteiger partial charge on any atom is 0.338 e. The second-order valence-electron chi connectivity index (χ2n) is 7.82. The lowest BCUT2D eigenvalue weighted by molar-refractivity contribution is -0.139. The fourth-order valence-electron chi connectivity index (χ4n) is 3.58. The Kier molecular flexibility index (Phi) is 10.5. The van der Waals surface area contributed by atoms with Crippen LogP contribution in [-0.2, 0) is 14.3 Å². The molecule has 0 unspecified atom stereocenters. The Hall–Kier alpha value is -3.60. The maximum atomic E-state index is 12.7. The van der Waals surface area contributed by atoms with E-state index in [1.807, 2.05) is 0 Å². The van der Waals surface area contributed by atoms with Gasteiger partial charge in [0, 0.05) is 21.8 Å². The van der Waals surface area contributed by atoms with Crippen LogP contribution in [0, 0.1) is 0 Å². The van der Waals surface area contributed by atoms with Gasteiger partial charge < -0.3 is 24.8 Å². The van der Waals surface area contributed by atoms with Gasteiger partial charge in [-0.2, -0.15) is 5.10 Å². The zero-order valence-corrected chi connectivity index (χ0v) is 23.0. The summed E-state index contributed by atoms with van der Waals surface area (Å²) in [4.78, 5) is 25.2. The molecular formula is C26H26Cl2N4O5S. The Bertz CT molecular complexity index is 1300. The summed E-state index contributed by atoms with van der Waals surface area (Å²) >= 11 is 17.6. The van der Waals surface area contributed by atoms with E-state index in [0.29, 0.717) is 49.1 Å². The number of para-hydroxylation sites is 1. The fourth-order valence-corrected chi connectivity index (χ4v) is 4.41. The van der Waals surface area contributed by atoms with Gasteiger partial charge in [-0.15, -0.1) is 0 Å². The Balaban J connectivity index is 1.72. The van der Waals surface area contributed by atoms with Gasteiger partial charge >= 0.3 is 5.97 Å². The highest BCUT2D eigenvalue weighted by Gasteiger charge is 2.32. The van der Waals surface area contributed by atoms with Crippen LogP contribution in [0.15, 0.2) is 65.4 Å². The highest BCUT2D eigenvalue weighted by atomic mass is 35.5. The summed E-state index contributed by atoms with van der Waals surface area (Å²) in [5, 5.41) is 11.0. The first-order valence-electron chi connectivity index (χ1n) is 11.5. The molecule has 0 saturated heterocycles. The Labute approximate surface area is 235 Å². The SMILES string of the molecule is C=CCOc1c(Cl)cc(Cl)cc1C=NNC(=O)COc1ccccc1[C@@H]1NC(=S)NC(C)=C1C(=O)OCC. The lowest BCUT2D eigenvalue weighted by atomic mass is 9.95. The number of hydrogen-bond acceptors (Lipinski definition) is 7. The van der Waals surface area contributed by atoms with Crippen molar-refractivity contribution in [3.8, 4) is 11.5 Å². The highest BCUT2D eigenvalue weighted by molar-refractivity contribution is 7.80. The molecule has 9 nitrogen and oxygen atoms in total. The van der Waals surface area contributed by atoms with Crippen LogP contribution in [0.5, 0.6) is 11.5 Å². The minimum absolute atomic E-state index is 0.217. The molecule has 3 rings (SSSR count). The number of carbonyl (C=O) groups excluding carboxylic acids is 2. The van der Waals surface area contributed by atoms with Crippen molar-refractivity contribution in [2.45, 2.75) is 19.9 Å². The number of rotatable bonds is 11. The first kappa shape index (κ1) is 29.0. The second-order valence-corrected chi connectivity index (χ2v) is 9.07. The molecule has 1 atom stereocenters. The smallest absolute Gasteiger partial charge is 0.338 e. The largest absolute Gasteiger partial charge is 0.487 e. The quantitative estimate of drug-likeness (QED) is 0.118. The van der Waals surface area contributed by atoms with Crippen LogP contribution in [-0.4, -0.2) is 43.0 Å². The summed E-state index contributed by atoms with van der Waals surface area (Å²) in [5.41, 5.74) is 4.40. The standard InChI is InChI=1S/C26H26Cl2N4O5S/c1-4-10-36-24-16(11-17(27)12-19(24)28)13-29-32-21(33)14-37-20-9-7-6-8-18(20)23-22(25(34)35-5-2)15(3)30-26(38)31-23/h4,6-9,11-13,23H,1,5,10,14H2,2-3H3,(H,32,33)(H2,30,31,38)/t23-/m0/s1. The molecule has 0 fully saturated rings. The number of nitrogens with zero attached hydrogens (tertiary/aromatic N) is 1. The van der Waals surface area contributed by atoms with Crippen LogP contribution in [0.2, 0.25) is 10.0 Å². The summed E-state index contributed by atoms with van der Waals surface area (Å²) in [7, 11) is 0. The number of benzene rings is 2. The van der Waals surface area contributed by atoms with E-state index >= 15 is 0 Å². The summed E-state index contributed by atoms with van der Waals surface area (Å²) in [6.07, 6.45) is 2.93. The zero-order chi connectivity index (χ0) is 27.7. The van der Waals surface area contributed by atoms with Crippen molar-refractivity contribution in [1.29, 1.82) is 0 Å². The van der Waals surface area contributed by atoms with Crippen molar-refractivity contribution in [3.05, 3.63) is 81.5 Å². The molecule has 200 valence electrons. The number of esters is 1. The van der Waals surface area contributed by atoms with Crippen LogP contribution in [0.4, 0.5) is 0 Å². The Morgan fingerprint density at radius 2 is 2.00 bits per heavy atom. The number of nitrogens with one attached hydrogen (secondary N) is 3. The minimum Gasteiger partial charge on any atom is -0.487 e. The number of allylic oxidation sites excluding steroid dienone is 1. The molecule has 0 aliphatic carbocycles. The summed E-state index contributed by atoms with van der Waals surface area (Å²) in [5.74, 6) is -0.279. The van der Waals surface area contributed by atoms with Crippen molar-refractivity contribution in [2.24, 2.45) is 5.10 Å². The molecule has 0 bridgehead atoms. The molecule has 0 aromatic heterocycles. The van der Waals surface area contributed by atoms with Gasteiger partial charge in [0.1, 0.15) is 18.1 Å². The second kappa shape index (κ2) is 13.8. The summed E-state index contributed by atoms with van der Waals surface area (Å²) in [6, 6.07) is 9.51. The van der Waals surface area contributed by atoms with Gasteiger partial charge in [0.15, 0.2) is 11.7 Å². The number of amides is 1. The van der Waals surface area contributed by atoms with Crippen molar-refractivity contribution >= 4 is 58.6 Å². The first-order chi connectivity index (χ1) is 18.2. The number of thiocarbonyl (C=S) groups is 1. The topological polar surface area (TPSA) is 110 Å². The zero-order valence-electron chi connectivity index (χ0n) is 20.7. The molecule has 0 saturated carbocycles. The van der Waals surface area contributed by atoms with E-state index in [4.69, 9.17) is 49.6 Å². The first-order valence-corrected chi connectivity index (χ1v) is 12.6. The number of hydrazone groups is 1. The predicted octanol–water partition coefficient (Wildman–Crippen LogP) is 4.44. The fraction of sp³-hybridized carbons (Fsp3) is 0.231. The lowest BCUT2D eigenvalue weighted by Gasteiger charge is -2.30. The molecule has 0 spiro atoms. The molecule has 12 heteroatoms. The van der Waals surface area contributed by atoms with Gasteiger partial charge in [0.25, 0.3) is 5.91 Å². The van der Waals surface area contributed by atoms with E-state index in [9.17, 15) is 9.59 Å². The molecule has 38 heavy (non-hydrogen) atoms. The van der Waals surface area contributed by atoms with Gasteiger partial charge in [-0.1, -0.05) is 54.1 Å². The van der Waals surface area contributed by atoms with Crippen LogP contribution >= 0.6 is 35.4 Å². The Morgan fingerprint density at radius 3 is 2.74 bits per heavy atom. The van der Waals surface area contributed by atoms with E-state index in [1.54, 1.807) is 50.3 Å². The summed E-state index contributed by atoms with van der Waals surface area (Å²) in [6.45, 7) is 7.17. The molecule has 1 amide bonds. The molecule has 3 N–H and O–H groups in total. The van der Waals surface area contributed by atoms with Crippen LogP contribution in [0.1, 0.15) is 31.0 Å².